The standard InChI is InChI=1S/C17H21F3N4O/c1-3-16(21,4-2)11-22-15(25)12-6-5-7-13(10-12)24-9-8-14(23-24)17(18,19)20/h5-10H,3-4,11,21H2,1-2H3,(H,22,25). The minimum atomic E-state index is -4.51. The van der Waals surface area contributed by atoms with E-state index in [0.29, 0.717) is 17.8 Å². The summed E-state index contributed by atoms with van der Waals surface area (Å²) >= 11 is 0. The van der Waals surface area contributed by atoms with Crippen LogP contribution in [-0.2, 0) is 6.18 Å². The number of rotatable bonds is 6. The van der Waals surface area contributed by atoms with Crippen molar-refractivity contribution in [3.8, 4) is 5.69 Å². The minimum absolute atomic E-state index is 0.322. The molecular weight excluding hydrogens is 333 g/mol. The lowest BCUT2D eigenvalue weighted by atomic mass is 9.94. The maximum Gasteiger partial charge on any atom is 0.435 e. The predicted molar refractivity (Wildman–Crippen MR) is 88.4 cm³/mol. The van der Waals surface area contributed by atoms with Crippen molar-refractivity contribution in [1.29, 1.82) is 0 Å². The summed E-state index contributed by atoms with van der Waals surface area (Å²) in [5, 5.41) is 6.28. The van der Waals surface area contributed by atoms with Gasteiger partial charge in [0.15, 0.2) is 5.69 Å². The molecule has 8 heteroatoms. The Kier molecular flexibility index (Phi) is 5.52. The Labute approximate surface area is 144 Å². The van der Waals surface area contributed by atoms with Gasteiger partial charge in [0.05, 0.1) is 5.69 Å². The molecule has 0 saturated heterocycles. The maximum atomic E-state index is 12.7. The number of halogens is 3. The van der Waals surface area contributed by atoms with Crippen molar-refractivity contribution < 1.29 is 18.0 Å². The number of nitrogens with two attached hydrogens (primary N) is 1. The molecule has 3 N–H and O–H groups in total. The van der Waals surface area contributed by atoms with Crippen molar-refractivity contribution in [1.82, 2.24) is 15.1 Å². The van der Waals surface area contributed by atoms with Crippen molar-refractivity contribution in [2.75, 3.05) is 6.54 Å². The van der Waals surface area contributed by atoms with Crippen LogP contribution >= 0.6 is 0 Å². The van der Waals surface area contributed by atoms with Crippen LogP contribution in [-0.4, -0.2) is 27.8 Å². The van der Waals surface area contributed by atoms with E-state index >= 15 is 0 Å². The molecule has 0 bridgehead atoms. The Balaban J connectivity index is 2.16. The molecule has 5 nitrogen and oxygen atoms in total. The second kappa shape index (κ2) is 7.26. The molecule has 0 fully saturated rings. The first-order valence-electron chi connectivity index (χ1n) is 7.99. The fourth-order valence-electron chi connectivity index (χ4n) is 2.27. The summed E-state index contributed by atoms with van der Waals surface area (Å²) < 4.78 is 39.0. The van der Waals surface area contributed by atoms with Gasteiger partial charge in [0.1, 0.15) is 0 Å². The number of hydrogen-bond acceptors (Lipinski definition) is 3. The topological polar surface area (TPSA) is 72.9 Å². The van der Waals surface area contributed by atoms with Gasteiger partial charge >= 0.3 is 6.18 Å². The molecule has 0 aliphatic heterocycles. The first-order valence-corrected chi connectivity index (χ1v) is 7.99. The van der Waals surface area contributed by atoms with Crippen LogP contribution in [0.15, 0.2) is 36.5 Å². The van der Waals surface area contributed by atoms with E-state index in [-0.39, 0.29) is 5.91 Å². The lowest BCUT2D eigenvalue weighted by molar-refractivity contribution is -0.141. The minimum Gasteiger partial charge on any atom is -0.350 e. The smallest absolute Gasteiger partial charge is 0.350 e. The van der Waals surface area contributed by atoms with E-state index in [9.17, 15) is 18.0 Å². The summed E-state index contributed by atoms with van der Waals surface area (Å²) in [5.74, 6) is -0.332. The monoisotopic (exact) mass is 354 g/mol. The van der Waals surface area contributed by atoms with E-state index in [1.165, 1.54) is 12.3 Å². The molecule has 2 aromatic rings. The summed E-state index contributed by atoms with van der Waals surface area (Å²) in [6, 6.07) is 7.13. The van der Waals surface area contributed by atoms with E-state index in [2.05, 4.69) is 10.4 Å². The summed E-state index contributed by atoms with van der Waals surface area (Å²) in [4.78, 5) is 12.3. The molecule has 1 aromatic heterocycles. The fraction of sp³-hybridized carbons (Fsp3) is 0.412. The third-order valence-corrected chi connectivity index (χ3v) is 4.26. The first kappa shape index (κ1) is 19.0. The Morgan fingerprint density at radius 2 is 1.92 bits per heavy atom. The fourth-order valence-corrected chi connectivity index (χ4v) is 2.27. The molecule has 1 aromatic carbocycles. The average Bonchev–Trinajstić information content (AvgIpc) is 3.10. The highest BCUT2D eigenvalue weighted by Crippen LogP contribution is 2.27. The summed E-state index contributed by atoms with van der Waals surface area (Å²) in [6.45, 7) is 4.22. The number of benzene rings is 1. The molecule has 0 radical (unpaired) electrons. The highest BCUT2D eigenvalue weighted by molar-refractivity contribution is 5.94. The van der Waals surface area contributed by atoms with Crippen molar-refractivity contribution in [2.45, 2.75) is 38.4 Å². The van der Waals surface area contributed by atoms with E-state index < -0.39 is 17.4 Å². The zero-order valence-corrected chi connectivity index (χ0v) is 14.1. The molecule has 136 valence electrons. The van der Waals surface area contributed by atoms with Gasteiger partial charge in [-0.05, 0) is 37.1 Å². The summed E-state index contributed by atoms with van der Waals surface area (Å²) in [7, 11) is 0. The van der Waals surface area contributed by atoms with Crippen LogP contribution in [0.2, 0.25) is 0 Å². The number of carbonyl (C=O) groups excluding carboxylic acids is 1. The Hall–Kier alpha value is -2.35. The largest absolute Gasteiger partial charge is 0.435 e. The molecule has 0 aliphatic rings. The van der Waals surface area contributed by atoms with Crippen LogP contribution in [0.25, 0.3) is 5.69 Å². The van der Waals surface area contributed by atoms with Crippen molar-refractivity contribution in [3.63, 3.8) is 0 Å². The van der Waals surface area contributed by atoms with Gasteiger partial charge in [-0.2, -0.15) is 18.3 Å². The number of aromatic nitrogens is 2. The van der Waals surface area contributed by atoms with Crippen LogP contribution in [0.1, 0.15) is 42.7 Å². The van der Waals surface area contributed by atoms with Gasteiger partial charge in [0.25, 0.3) is 5.91 Å². The highest BCUT2D eigenvalue weighted by Gasteiger charge is 2.33. The normalized spacial score (nSPS) is 12.2. The number of nitrogens with one attached hydrogen (secondary N) is 1. The van der Waals surface area contributed by atoms with Crippen LogP contribution in [0.5, 0.6) is 0 Å². The first-order chi connectivity index (χ1) is 11.7. The molecule has 1 heterocycles. The van der Waals surface area contributed by atoms with Gasteiger partial charge in [-0.1, -0.05) is 19.9 Å². The second-order valence-corrected chi connectivity index (χ2v) is 5.95. The Morgan fingerprint density at radius 1 is 1.24 bits per heavy atom. The number of carbonyl (C=O) groups is 1. The maximum absolute atomic E-state index is 12.7. The van der Waals surface area contributed by atoms with E-state index in [1.54, 1.807) is 18.2 Å². The number of nitrogens with zero attached hydrogens (tertiary/aromatic N) is 2. The SMILES string of the molecule is CCC(N)(CC)CNC(=O)c1cccc(-n2ccc(C(F)(F)F)n2)c1. The van der Waals surface area contributed by atoms with Crippen molar-refractivity contribution >= 4 is 5.91 Å². The molecule has 0 aliphatic carbocycles. The van der Waals surface area contributed by atoms with Crippen LogP contribution in [0, 0.1) is 0 Å². The molecule has 0 saturated carbocycles. The number of amides is 1. The van der Waals surface area contributed by atoms with E-state index in [1.807, 2.05) is 13.8 Å². The van der Waals surface area contributed by atoms with Gasteiger partial charge in [-0.15, -0.1) is 0 Å². The molecule has 0 spiro atoms. The third kappa shape index (κ3) is 4.60. The quantitative estimate of drug-likeness (QED) is 0.837. The van der Waals surface area contributed by atoms with Gasteiger partial charge in [0, 0.05) is 23.8 Å². The van der Waals surface area contributed by atoms with Crippen LogP contribution < -0.4 is 11.1 Å². The summed E-state index contributed by atoms with van der Waals surface area (Å²) in [5.41, 5.74) is 5.39. The van der Waals surface area contributed by atoms with Gasteiger partial charge in [-0.3, -0.25) is 4.79 Å². The second-order valence-electron chi connectivity index (χ2n) is 5.95. The van der Waals surface area contributed by atoms with Crippen LogP contribution in [0.3, 0.4) is 0 Å². The van der Waals surface area contributed by atoms with E-state index in [0.717, 1.165) is 23.6 Å². The lowest BCUT2D eigenvalue weighted by Crippen LogP contribution is -2.49. The Morgan fingerprint density at radius 3 is 2.48 bits per heavy atom. The van der Waals surface area contributed by atoms with Crippen molar-refractivity contribution in [2.24, 2.45) is 5.73 Å². The molecule has 0 unspecified atom stereocenters. The van der Waals surface area contributed by atoms with Gasteiger partial charge in [-0.25, -0.2) is 4.68 Å². The van der Waals surface area contributed by atoms with Crippen molar-refractivity contribution in [3.05, 3.63) is 47.8 Å². The zero-order valence-electron chi connectivity index (χ0n) is 14.1. The zero-order chi connectivity index (χ0) is 18.7. The van der Waals surface area contributed by atoms with E-state index in [4.69, 9.17) is 5.73 Å². The lowest BCUT2D eigenvalue weighted by Gasteiger charge is -2.26. The highest BCUT2D eigenvalue weighted by atomic mass is 19.4. The van der Waals surface area contributed by atoms with Gasteiger partial charge < -0.3 is 11.1 Å². The third-order valence-electron chi connectivity index (χ3n) is 4.26. The Bertz CT molecular complexity index is 735. The summed E-state index contributed by atoms with van der Waals surface area (Å²) in [6.07, 6.45) is -1.86. The van der Waals surface area contributed by atoms with Crippen LogP contribution in [0.4, 0.5) is 13.2 Å². The molecule has 2 rings (SSSR count). The molecule has 0 atom stereocenters. The molecule has 25 heavy (non-hydrogen) atoms. The molecule has 1 amide bonds. The average molecular weight is 354 g/mol. The number of hydrogen-bond donors (Lipinski definition) is 2. The van der Waals surface area contributed by atoms with Gasteiger partial charge in [0.2, 0.25) is 0 Å². The number of alkyl halides is 3. The predicted octanol–water partition coefficient (Wildman–Crippen LogP) is 3.14. The molecular formula is C17H21F3N4O.